The summed E-state index contributed by atoms with van der Waals surface area (Å²) in [5, 5.41) is 1.27. The Morgan fingerprint density at radius 2 is 2.19 bits per heavy atom. The quantitative estimate of drug-likeness (QED) is 0.585. The molecule has 16 heavy (non-hydrogen) atoms. The predicted octanol–water partition coefficient (Wildman–Crippen LogP) is 3.06. The minimum absolute atomic E-state index is 0.111. The standard InChI is InChI=1S/C12H13BrN2S/c1-12(2)10(13)7-16-11-14-8-5-3-4-6-9(8)15(11)12/h3-6,10H,7H2,1-2H3/p+1. The zero-order valence-corrected chi connectivity index (χ0v) is 11.7. The fraction of sp³-hybridized carbons (Fsp3) is 0.417. The van der Waals surface area contributed by atoms with Gasteiger partial charge in [-0.1, -0.05) is 28.1 Å². The number of H-pyrrole nitrogens is 1. The molecule has 0 radical (unpaired) electrons. The van der Waals surface area contributed by atoms with Crippen molar-refractivity contribution in [2.45, 2.75) is 29.4 Å². The van der Waals surface area contributed by atoms with Gasteiger partial charge < -0.3 is 0 Å². The Labute approximate surface area is 108 Å². The van der Waals surface area contributed by atoms with Crippen LogP contribution in [0.5, 0.6) is 0 Å². The van der Waals surface area contributed by atoms with Crippen LogP contribution in [0.15, 0.2) is 29.4 Å². The second-order valence-corrected chi connectivity index (χ2v) is 6.83. The molecule has 0 bridgehead atoms. The van der Waals surface area contributed by atoms with Crippen molar-refractivity contribution in [3.05, 3.63) is 24.3 Å². The molecule has 0 fully saturated rings. The number of rotatable bonds is 0. The summed E-state index contributed by atoms with van der Waals surface area (Å²) in [6.07, 6.45) is 0. The van der Waals surface area contributed by atoms with E-state index < -0.39 is 0 Å². The summed E-state index contributed by atoms with van der Waals surface area (Å²) >= 11 is 5.68. The number of thioether (sulfide) groups is 1. The van der Waals surface area contributed by atoms with Crippen LogP contribution in [0.1, 0.15) is 13.8 Å². The number of para-hydroxylation sites is 2. The Morgan fingerprint density at radius 1 is 1.44 bits per heavy atom. The lowest BCUT2D eigenvalue weighted by Crippen LogP contribution is -2.61. The molecule has 0 saturated carbocycles. The van der Waals surface area contributed by atoms with Crippen LogP contribution in [0, 0.1) is 0 Å². The Hall–Kier alpha value is -0.480. The summed E-state index contributed by atoms with van der Waals surface area (Å²) < 4.78 is 2.41. The Kier molecular flexibility index (Phi) is 2.33. The van der Waals surface area contributed by atoms with Crippen molar-refractivity contribution >= 4 is 38.7 Å². The van der Waals surface area contributed by atoms with Crippen LogP contribution in [0.2, 0.25) is 0 Å². The van der Waals surface area contributed by atoms with Gasteiger partial charge in [0, 0.05) is 5.75 Å². The van der Waals surface area contributed by atoms with Crippen molar-refractivity contribution in [1.29, 1.82) is 0 Å². The highest BCUT2D eigenvalue weighted by atomic mass is 79.9. The molecule has 1 aromatic carbocycles. The number of benzene rings is 1. The predicted molar refractivity (Wildman–Crippen MR) is 71.3 cm³/mol. The van der Waals surface area contributed by atoms with Crippen LogP contribution < -0.4 is 4.57 Å². The lowest BCUT2D eigenvalue weighted by molar-refractivity contribution is -0.768. The number of alkyl halides is 1. The van der Waals surface area contributed by atoms with E-state index in [1.807, 2.05) is 11.8 Å². The monoisotopic (exact) mass is 297 g/mol. The first-order chi connectivity index (χ1) is 7.60. The zero-order valence-electron chi connectivity index (χ0n) is 9.33. The Morgan fingerprint density at radius 3 is 3.00 bits per heavy atom. The Bertz CT molecular complexity index is 547. The summed E-state index contributed by atoms with van der Waals surface area (Å²) in [5.74, 6) is 1.11. The molecule has 0 aliphatic carbocycles. The van der Waals surface area contributed by atoms with Crippen molar-refractivity contribution in [2.24, 2.45) is 0 Å². The number of aromatic nitrogens is 2. The van der Waals surface area contributed by atoms with E-state index in [0.717, 1.165) is 5.75 Å². The molecule has 1 unspecified atom stereocenters. The number of halogens is 1. The van der Waals surface area contributed by atoms with E-state index in [1.54, 1.807) is 0 Å². The smallest absolute Gasteiger partial charge is 0.231 e. The van der Waals surface area contributed by atoms with Gasteiger partial charge in [-0.25, -0.2) is 9.55 Å². The minimum Gasteiger partial charge on any atom is -0.231 e. The van der Waals surface area contributed by atoms with Gasteiger partial charge in [-0.05, 0) is 37.7 Å². The fourth-order valence-corrected chi connectivity index (χ4v) is 4.18. The van der Waals surface area contributed by atoms with Gasteiger partial charge in [-0.3, -0.25) is 0 Å². The third kappa shape index (κ3) is 1.36. The van der Waals surface area contributed by atoms with Crippen LogP contribution >= 0.6 is 27.7 Å². The van der Waals surface area contributed by atoms with Crippen molar-refractivity contribution in [3.63, 3.8) is 0 Å². The van der Waals surface area contributed by atoms with Crippen molar-refractivity contribution < 1.29 is 4.57 Å². The van der Waals surface area contributed by atoms with Crippen LogP contribution in [0.3, 0.4) is 0 Å². The first-order valence-electron chi connectivity index (χ1n) is 5.41. The fourth-order valence-electron chi connectivity index (χ4n) is 2.22. The largest absolute Gasteiger partial charge is 0.317 e. The molecule has 1 N–H and O–H groups in total. The number of nitrogens with one attached hydrogen (secondary N) is 1. The lowest BCUT2D eigenvalue weighted by Gasteiger charge is -2.31. The molecule has 1 aromatic heterocycles. The molecular weight excluding hydrogens is 284 g/mol. The highest BCUT2D eigenvalue weighted by Gasteiger charge is 2.42. The number of hydrogen-bond acceptors (Lipinski definition) is 1. The maximum atomic E-state index is 3.79. The van der Waals surface area contributed by atoms with E-state index in [9.17, 15) is 0 Å². The molecular formula is C12H14BrN2S+. The average molecular weight is 298 g/mol. The molecule has 2 heterocycles. The first kappa shape index (κ1) is 10.7. The SMILES string of the molecule is CC1(C)C(Br)CSc2[nH]c3ccccc3[n+]21. The van der Waals surface area contributed by atoms with E-state index >= 15 is 0 Å². The topological polar surface area (TPSA) is 19.7 Å². The maximum Gasteiger partial charge on any atom is 0.317 e. The third-order valence-electron chi connectivity index (χ3n) is 3.30. The summed E-state index contributed by atoms with van der Waals surface area (Å²) in [6, 6.07) is 8.50. The van der Waals surface area contributed by atoms with Gasteiger partial charge >= 0.3 is 5.16 Å². The number of aromatic amines is 1. The lowest BCUT2D eigenvalue weighted by atomic mass is 10.0. The average Bonchev–Trinajstić information content (AvgIpc) is 2.63. The van der Waals surface area contributed by atoms with Gasteiger partial charge in [0.1, 0.15) is 5.54 Å². The van der Waals surface area contributed by atoms with Crippen molar-refractivity contribution in [3.8, 4) is 0 Å². The summed E-state index contributed by atoms with van der Waals surface area (Å²) in [5.41, 5.74) is 2.62. The summed E-state index contributed by atoms with van der Waals surface area (Å²) in [4.78, 5) is 4.00. The van der Waals surface area contributed by atoms with Crippen LogP contribution in [-0.4, -0.2) is 15.6 Å². The summed E-state index contributed by atoms with van der Waals surface area (Å²) in [7, 11) is 0. The van der Waals surface area contributed by atoms with Gasteiger partial charge in [-0.15, -0.1) is 0 Å². The van der Waals surface area contributed by atoms with E-state index in [1.165, 1.54) is 16.2 Å². The second kappa shape index (κ2) is 3.50. The molecule has 84 valence electrons. The van der Waals surface area contributed by atoms with Gasteiger partial charge in [0.15, 0.2) is 11.0 Å². The maximum absolute atomic E-state index is 3.79. The van der Waals surface area contributed by atoms with E-state index in [0.29, 0.717) is 4.83 Å². The molecule has 0 amide bonds. The first-order valence-corrected chi connectivity index (χ1v) is 7.31. The molecule has 1 atom stereocenters. The highest BCUT2D eigenvalue weighted by molar-refractivity contribution is 9.09. The molecule has 4 heteroatoms. The number of fused-ring (bicyclic) bond motifs is 3. The van der Waals surface area contributed by atoms with Crippen LogP contribution in [0.4, 0.5) is 0 Å². The number of imidazole rings is 1. The van der Waals surface area contributed by atoms with E-state index in [-0.39, 0.29) is 5.54 Å². The van der Waals surface area contributed by atoms with Gasteiger partial charge in [0.05, 0.1) is 4.83 Å². The van der Waals surface area contributed by atoms with E-state index in [2.05, 4.69) is 63.6 Å². The van der Waals surface area contributed by atoms with E-state index in [4.69, 9.17) is 0 Å². The van der Waals surface area contributed by atoms with Gasteiger partial charge in [0.25, 0.3) is 0 Å². The van der Waals surface area contributed by atoms with Crippen LogP contribution in [0.25, 0.3) is 11.0 Å². The minimum atomic E-state index is 0.111. The van der Waals surface area contributed by atoms with Crippen molar-refractivity contribution in [2.75, 3.05) is 5.75 Å². The molecule has 0 saturated heterocycles. The van der Waals surface area contributed by atoms with Crippen LogP contribution in [-0.2, 0) is 5.54 Å². The summed E-state index contributed by atoms with van der Waals surface area (Å²) in [6.45, 7) is 4.58. The normalized spacial score (nSPS) is 23.3. The molecule has 3 rings (SSSR count). The highest BCUT2D eigenvalue weighted by Crippen LogP contribution is 2.34. The van der Waals surface area contributed by atoms with Gasteiger partial charge in [0.2, 0.25) is 0 Å². The molecule has 2 nitrogen and oxygen atoms in total. The molecule has 2 aromatic rings. The zero-order chi connectivity index (χ0) is 11.3. The van der Waals surface area contributed by atoms with Crippen molar-refractivity contribution in [1.82, 2.24) is 4.98 Å². The molecule has 1 aliphatic rings. The second-order valence-electron chi connectivity index (χ2n) is 4.71. The number of hydrogen-bond donors (Lipinski definition) is 1. The Balaban J connectivity index is 2.35. The molecule has 1 aliphatic heterocycles. The third-order valence-corrected chi connectivity index (χ3v) is 6.23. The van der Waals surface area contributed by atoms with Gasteiger partial charge in [-0.2, -0.15) is 0 Å². The molecule has 0 spiro atoms. The number of nitrogens with zero attached hydrogens (tertiary/aromatic N) is 1.